The van der Waals surface area contributed by atoms with Crippen molar-refractivity contribution in [1.82, 2.24) is 0 Å². The van der Waals surface area contributed by atoms with Crippen LogP contribution in [-0.2, 0) is 10.1 Å². The molecule has 0 unspecified atom stereocenters. The van der Waals surface area contributed by atoms with Gasteiger partial charge in [-0.1, -0.05) is 0 Å². The minimum Gasteiger partial charge on any atom is -0.393 e. The first-order valence-corrected chi connectivity index (χ1v) is 4.33. The predicted molar refractivity (Wildman–Crippen MR) is 35.5 cm³/mol. The normalized spacial score (nSPS) is 13.5. The van der Waals surface area contributed by atoms with Crippen LogP contribution in [0.4, 0.5) is 0 Å². The van der Waals surface area contributed by atoms with Gasteiger partial charge in [0.25, 0.3) is 10.1 Å². The molecule has 0 aromatic rings. The van der Waals surface area contributed by atoms with E-state index >= 15 is 0 Å². The Morgan fingerprint density at radius 1 is 1.18 bits per heavy atom. The van der Waals surface area contributed by atoms with E-state index in [-0.39, 0.29) is 0 Å². The molecule has 0 aliphatic heterocycles. The Bertz CT molecular complexity index is 203. The summed E-state index contributed by atoms with van der Waals surface area (Å²) in [6.45, 7) is -1.85. The summed E-state index contributed by atoms with van der Waals surface area (Å²) in [5.74, 6) is -1.08. The Kier molecular flexibility index (Phi) is 3.39. The first-order chi connectivity index (χ1) is 4.83. The maximum absolute atomic E-state index is 10.1. The summed E-state index contributed by atoms with van der Waals surface area (Å²) in [4.78, 5) is 0. The average Bonchev–Trinajstić information content (AvgIpc) is 1.84. The fourth-order valence-corrected chi connectivity index (χ4v) is 1.34. The van der Waals surface area contributed by atoms with Gasteiger partial charge >= 0.3 is 0 Å². The molecule has 0 saturated heterocycles. The fraction of sp³-hybridized carbons (Fsp3) is 1.00. The van der Waals surface area contributed by atoms with Gasteiger partial charge in [0, 0.05) is 0 Å². The van der Waals surface area contributed by atoms with E-state index in [2.05, 4.69) is 0 Å². The summed E-state index contributed by atoms with van der Waals surface area (Å²) in [6, 6.07) is 0. The standard InChI is InChI=1S/C4H10O6S/c5-1-4(7,2-6)3-11(8,9)10/h5-7H,1-3H2,(H,8,9,10). The molecule has 6 nitrogen and oxygen atoms in total. The summed E-state index contributed by atoms with van der Waals surface area (Å²) in [5.41, 5.74) is -2.16. The highest BCUT2D eigenvalue weighted by Gasteiger charge is 2.30. The maximum Gasteiger partial charge on any atom is 0.267 e. The molecule has 0 amide bonds. The van der Waals surface area contributed by atoms with Crippen LogP contribution in [-0.4, -0.2) is 52.9 Å². The van der Waals surface area contributed by atoms with Crippen LogP contribution < -0.4 is 0 Å². The van der Waals surface area contributed by atoms with Crippen LogP contribution >= 0.6 is 0 Å². The largest absolute Gasteiger partial charge is 0.393 e. The third-order valence-electron chi connectivity index (χ3n) is 1.04. The van der Waals surface area contributed by atoms with E-state index < -0.39 is 34.7 Å². The molecule has 0 saturated carbocycles. The van der Waals surface area contributed by atoms with Crippen molar-refractivity contribution in [2.75, 3.05) is 19.0 Å². The van der Waals surface area contributed by atoms with Gasteiger partial charge in [0.1, 0.15) is 11.4 Å². The van der Waals surface area contributed by atoms with Gasteiger partial charge in [-0.05, 0) is 0 Å². The number of rotatable bonds is 4. The Morgan fingerprint density at radius 2 is 1.55 bits per heavy atom. The van der Waals surface area contributed by atoms with Crippen molar-refractivity contribution in [1.29, 1.82) is 0 Å². The fourth-order valence-electron chi connectivity index (χ4n) is 0.481. The first kappa shape index (κ1) is 10.8. The molecule has 0 radical (unpaired) electrons. The Labute approximate surface area is 63.8 Å². The van der Waals surface area contributed by atoms with Crippen molar-refractivity contribution in [3.05, 3.63) is 0 Å². The molecule has 0 spiro atoms. The van der Waals surface area contributed by atoms with Crippen molar-refractivity contribution >= 4 is 10.1 Å². The van der Waals surface area contributed by atoms with Crippen molar-refractivity contribution in [3.63, 3.8) is 0 Å². The van der Waals surface area contributed by atoms with Crippen molar-refractivity contribution in [2.24, 2.45) is 0 Å². The molecule has 0 aromatic heterocycles. The zero-order valence-corrected chi connectivity index (χ0v) is 6.45. The van der Waals surface area contributed by atoms with Gasteiger partial charge in [-0.15, -0.1) is 0 Å². The van der Waals surface area contributed by atoms with Crippen LogP contribution in [0.3, 0.4) is 0 Å². The molecule has 4 N–H and O–H groups in total. The van der Waals surface area contributed by atoms with Crippen molar-refractivity contribution in [2.45, 2.75) is 5.60 Å². The Balaban J connectivity index is 4.32. The molecular weight excluding hydrogens is 176 g/mol. The lowest BCUT2D eigenvalue weighted by atomic mass is 10.1. The van der Waals surface area contributed by atoms with Gasteiger partial charge in [0.15, 0.2) is 0 Å². The lowest BCUT2D eigenvalue weighted by Gasteiger charge is -2.20. The second-order valence-electron chi connectivity index (χ2n) is 2.27. The smallest absolute Gasteiger partial charge is 0.267 e. The molecule has 0 fully saturated rings. The SMILES string of the molecule is O=S(=O)(O)CC(O)(CO)CO. The van der Waals surface area contributed by atoms with Gasteiger partial charge in [-0.2, -0.15) is 8.42 Å². The Hall–Kier alpha value is -0.210. The van der Waals surface area contributed by atoms with E-state index in [1.165, 1.54) is 0 Å². The summed E-state index contributed by atoms with van der Waals surface area (Å²) in [6.07, 6.45) is 0. The molecule has 0 aliphatic rings. The molecule has 7 heteroatoms. The van der Waals surface area contributed by atoms with E-state index in [0.29, 0.717) is 0 Å². The van der Waals surface area contributed by atoms with Crippen LogP contribution in [0.5, 0.6) is 0 Å². The van der Waals surface area contributed by atoms with Gasteiger partial charge < -0.3 is 15.3 Å². The van der Waals surface area contributed by atoms with E-state index in [9.17, 15) is 8.42 Å². The minimum absolute atomic E-state index is 0.927. The van der Waals surface area contributed by atoms with Crippen molar-refractivity contribution in [3.8, 4) is 0 Å². The highest BCUT2D eigenvalue weighted by Crippen LogP contribution is 2.04. The second kappa shape index (κ2) is 3.46. The molecule has 68 valence electrons. The molecule has 0 aromatic carbocycles. The lowest BCUT2D eigenvalue weighted by molar-refractivity contribution is -0.0381. The van der Waals surface area contributed by atoms with Crippen LogP contribution in [0.2, 0.25) is 0 Å². The Morgan fingerprint density at radius 3 is 1.64 bits per heavy atom. The number of hydrogen-bond donors (Lipinski definition) is 4. The highest BCUT2D eigenvalue weighted by atomic mass is 32.2. The monoisotopic (exact) mass is 186 g/mol. The van der Waals surface area contributed by atoms with Crippen LogP contribution in [0, 0.1) is 0 Å². The van der Waals surface area contributed by atoms with Crippen LogP contribution in [0.15, 0.2) is 0 Å². The highest BCUT2D eigenvalue weighted by molar-refractivity contribution is 7.85. The molecule has 0 heterocycles. The van der Waals surface area contributed by atoms with Crippen LogP contribution in [0.1, 0.15) is 0 Å². The lowest BCUT2D eigenvalue weighted by Crippen LogP contribution is -2.44. The minimum atomic E-state index is -4.38. The third-order valence-corrected chi connectivity index (χ3v) is 1.94. The molecule has 0 atom stereocenters. The predicted octanol–water partition coefficient (Wildman–Crippen LogP) is -2.41. The molecule has 0 aliphatic carbocycles. The zero-order valence-electron chi connectivity index (χ0n) is 5.63. The zero-order chi connectivity index (χ0) is 9.12. The van der Waals surface area contributed by atoms with E-state index in [1.807, 2.05) is 0 Å². The van der Waals surface area contributed by atoms with E-state index in [1.54, 1.807) is 0 Å². The average molecular weight is 186 g/mol. The van der Waals surface area contributed by atoms with Gasteiger partial charge in [0.2, 0.25) is 0 Å². The summed E-state index contributed by atoms with van der Waals surface area (Å²) < 4.78 is 28.5. The number of aliphatic hydroxyl groups is 3. The summed E-state index contributed by atoms with van der Waals surface area (Å²) in [7, 11) is -4.38. The third kappa shape index (κ3) is 4.27. The summed E-state index contributed by atoms with van der Waals surface area (Å²) in [5, 5.41) is 25.7. The molecule has 0 bridgehead atoms. The topological polar surface area (TPSA) is 115 Å². The molecule has 0 rings (SSSR count). The summed E-state index contributed by atoms with van der Waals surface area (Å²) >= 11 is 0. The molecule has 11 heavy (non-hydrogen) atoms. The quantitative estimate of drug-likeness (QED) is 0.363. The van der Waals surface area contributed by atoms with E-state index in [4.69, 9.17) is 19.9 Å². The number of hydrogen-bond acceptors (Lipinski definition) is 5. The van der Waals surface area contributed by atoms with E-state index in [0.717, 1.165) is 0 Å². The molecular formula is C4H10O6S. The maximum atomic E-state index is 10.1. The number of aliphatic hydroxyl groups excluding tert-OH is 2. The van der Waals surface area contributed by atoms with Gasteiger partial charge in [-0.25, -0.2) is 0 Å². The second-order valence-corrected chi connectivity index (χ2v) is 3.72. The van der Waals surface area contributed by atoms with Crippen LogP contribution in [0.25, 0.3) is 0 Å². The van der Waals surface area contributed by atoms with Gasteiger partial charge in [0.05, 0.1) is 13.2 Å². The van der Waals surface area contributed by atoms with Crippen molar-refractivity contribution < 1.29 is 28.3 Å². The first-order valence-electron chi connectivity index (χ1n) is 2.72. The van der Waals surface area contributed by atoms with Gasteiger partial charge in [-0.3, -0.25) is 4.55 Å².